The normalized spacial score (nSPS) is 12.6. The number of benzene rings is 1. The molecule has 1 rings (SSSR count). The standard InChI is InChI=1S/C18H28O3/c1-11(2)15(7)21-17-13(5)8-16(9-14(17)6)10-20-18(19)12(3)4/h8-9,11-12,15H,10H2,1-7H3. The molecule has 21 heavy (non-hydrogen) atoms. The van der Waals surface area contributed by atoms with E-state index >= 15 is 0 Å². The fraction of sp³-hybridized carbons (Fsp3) is 0.611. The van der Waals surface area contributed by atoms with Gasteiger partial charge in [0.05, 0.1) is 12.0 Å². The Bertz CT molecular complexity index is 466. The predicted molar refractivity (Wildman–Crippen MR) is 85.5 cm³/mol. The van der Waals surface area contributed by atoms with Gasteiger partial charge in [0.15, 0.2) is 0 Å². The summed E-state index contributed by atoms with van der Waals surface area (Å²) in [5, 5.41) is 0. The number of ether oxygens (including phenoxy) is 2. The quantitative estimate of drug-likeness (QED) is 0.728. The molecule has 1 unspecified atom stereocenters. The van der Waals surface area contributed by atoms with E-state index in [0.29, 0.717) is 12.5 Å². The monoisotopic (exact) mass is 292 g/mol. The second-order valence-electron chi connectivity index (χ2n) is 6.39. The van der Waals surface area contributed by atoms with Gasteiger partial charge >= 0.3 is 5.97 Å². The van der Waals surface area contributed by atoms with Gasteiger partial charge in [0.25, 0.3) is 0 Å². The molecule has 1 aromatic rings. The third kappa shape index (κ3) is 5.07. The summed E-state index contributed by atoms with van der Waals surface area (Å²) in [6, 6.07) is 4.06. The van der Waals surface area contributed by atoms with Crippen LogP contribution in [0.4, 0.5) is 0 Å². The van der Waals surface area contributed by atoms with Gasteiger partial charge in [-0.05, 0) is 55.5 Å². The molecule has 0 amide bonds. The van der Waals surface area contributed by atoms with Crippen molar-refractivity contribution in [3.8, 4) is 5.75 Å². The van der Waals surface area contributed by atoms with Gasteiger partial charge in [-0.1, -0.05) is 27.7 Å². The van der Waals surface area contributed by atoms with E-state index in [1.165, 1.54) is 0 Å². The van der Waals surface area contributed by atoms with Crippen molar-refractivity contribution in [1.29, 1.82) is 0 Å². The number of hydrogen-bond donors (Lipinski definition) is 0. The maximum atomic E-state index is 11.5. The second kappa shape index (κ2) is 7.48. The van der Waals surface area contributed by atoms with Crippen LogP contribution in [-0.2, 0) is 16.1 Å². The zero-order valence-electron chi connectivity index (χ0n) is 14.3. The molecule has 0 bridgehead atoms. The summed E-state index contributed by atoms with van der Waals surface area (Å²) in [5.74, 6) is 1.14. The lowest BCUT2D eigenvalue weighted by molar-refractivity contribution is -0.148. The number of carbonyl (C=O) groups excluding carboxylic acids is 1. The molecule has 1 atom stereocenters. The van der Waals surface area contributed by atoms with E-state index in [4.69, 9.17) is 9.47 Å². The molecule has 0 saturated heterocycles. The van der Waals surface area contributed by atoms with Crippen LogP contribution in [0.1, 0.15) is 51.3 Å². The fourth-order valence-electron chi connectivity index (χ4n) is 1.95. The number of rotatable bonds is 6. The molecule has 0 aromatic heterocycles. The minimum atomic E-state index is -0.168. The molecule has 3 nitrogen and oxygen atoms in total. The van der Waals surface area contributed by atoms with Gasteiger partial charge in [-0.2, -0.15) is 0 Å². The van der Waals surface area contributed by atoms with Crippen molar-refractivity contribution in [3.05, 3.63) is 28.8 Å². The van der Waals surface area contributed by atoms with Crippen LogP contribution in [0.5, 0.6) is 5.75 Å². The Hall–Kier alpha value is -1.51. The lowest BCUT2D eigenvalue weighted by Crippen LogP contribution is -2.19. The first-order valence-electron chi connectivity index (χ1n) is 7.65. The summed E-state index contributed by atoms with van der Waals surface area (Å²) in [7, 11) is 0. The van der Waals surface area contributed by atoms with Crippen molar-refractivity contribution in [2.75, 3.05) is 0 Å². The van der Waals surface area contributed by atoms with E-state index in [0.717, 1.165) is 22.4 Å². The Morgan fingerprint density at radius 2 is 1.57 bits per heavy atom. The molecular formula is C18H28O3. The van der Waals surface area contributed by atoms with Crippen molar-refractivity contribution >= 4 is 5.97 Å². The molecule has 0 aliphatic carbocycles. The van der Waals surface area contributed by atoms with Gasteiger partial charge in [0, 0.05) is 0 Å². The molecule has 3 heteroatoms. The van der Waals surface area contributed by atoms with Crippen molar-refractivity contribution in [2.45, 2.75) is 61.2 Å². The maximum Gasteiger partial charge on any atom is 0.308 e. The molecule has 0 N–H and O–H groups in total. The van der Waals surface area contributed by atoms with Gasteiger partial charge in [-0.15, -0.1) is 0 Å². The molecule has 0 saturated carbocycles. The zero-order valence-corrected chi connectivity index (χ0v) is 14.3. The van der Waals surface area contributed by atoms with Crippen LogP contribution in [-0.4, -0.2) is 12.1 Å². The highest BCUT2D eigenvalue weighted by Crippen LogP contribution is 2.27. The Morgan fingerprint density at radius 1 is 1.05 bits per heavy atom. The smallest absolute Gasteiger partial charge is 0.308 e. The topological polar surface area (TPSA) is 35.5 Å². The molecule has 0 aliphatic rings. The number of esters is 1. The highest BCUT2D eigenvalue weighted by molar-refractivity contribution is 5.71. The first kappa shape index (κ1) is 17.5. The van der Waals surface area contributed by atoms with Gasteiger partial charge in [0.2, 0.25) is 0 Å². The first-order chi connectivity index (χ1) is 9.72. The molecule has 0 radical (unpaired) electrons. The maximum absolute atomic E-state index is 11.5. The van der Waals surface area contributed by atoms with Crippen LogP contribution < -0.4 is 4.74 Å². The Labute approximate surface area is 128 Å². The van der Waals surface area contributed by atoms with E-state index in [1.807, 2.05) is 39.8 Å². The van der Waals surface area contributed by atoms with Crippen LogP contribution in [0.15, 0.2) is 12.1 Å². The minimum absolute atomic E-state index is 0.0957. The Kier molecular flexibility index (Phi) is 6.25. The highest BCUT2D eigenvalue weighted by atomic mass is 16.5. The molecule has 0 aliphatic heterocycles. The molecule has 118 valence electrons. The molecule has 1 aromatic carbocycles. The summed E-state index contributed by atoms with van der Waals surface area (Å²) in [6.07, 6.45) is 0.173. The number of carbonyl (C=O) groups is 1. The number of hydrogen-bond acceptors (Lipinski definition) is 3. The molecule has 0 heterocycles. The average molecular weight is 292 g/mol. The lowest BCUT2D eigenvalue weighted by Gasteiger charge is -2.21. The second-order valence-corrected chi connectivity index (χ2v) is 6.39. The van der Waals surface area contributed by atoms with Gasteiger partial charge in [-0.3, -0.25) is 4.79 Å². The van der Waals surface area contributed by atoms with E-state index in [2.05, 4.69) is 20.8 Å². The van der Waals surface area contributed by atoms with Crippen molar-refractivity contribution in [3.63, 3.8) is 0 Å². The third-order valence-electron chi connectivity index (χ3n) is 3.62. The summed E-state index contributed by atoms with van der Waals surface area (Å²) in [5.41, 5.74) is 3.17. The lowest BCUT2D eigenvalue weighted by atomic mass is 10.0. The first-order valence-corrected chi connectivity index (χ1v) is 7.65. The molecular weight excluding hydrogens is 264 g/mol. The average Bonchev–Trinajstić information content (AvgIpc) is 2.39. The van der Waals surface area contributed by atoms with Crippen LogP contribution in [0, 0.1) is 25.7 Å². The largest absolute Gasteiger partial charge is 0.490 e. The van der Waals surface area contributed by atoms with E-state index in [-0.39, 0.29) is 18.0 Å². The fourth-order valence-corrected chi connectivity index (χ4v) is 1.95. The highest BCUT2D eigenvalue weighted by Gasteiger charge is 2.14. The zero-order chi connectivity index (χ0) is 16.2. The van der Waals surface area contributed by atoms with Gasteiger partial charge in [-0.25, -0.2) is 0 Å². The van der Waals surface area contributed by atoms with Crippen molar-refractivity contribution < 1.29 is 14.3 Å². The number of aryl methyl sites for hydroxylation is 2. The minimum Gasteiger partial charge on any atom is -0.490 e. The molecule has 0 spiro atoms. The van der Waals surface area contributed by atoms with Gasteiger partial charge < -0.3 is 9.47 Å². The van der Waals surface area contributed by atoms with E-state index in [9.17, 15) is 4.79 Å². The van der Waals surface area contributed by atoms with Crippen molar-refractivity contribution in [1.82, 2.24) is 0 Å². The summed E-state index contributed by atoms with van der Waals surface area (Å²) < 4.78 is 11.3. The summed E-state index contributed by atoms with van der Waals surface area (Å²) >= 11 is 0. The van der Waals surface area contributed by atoms with Crippen LogP contribution in [0.2, 0.25) is 0 Å². The Morgan fingerprint density at radius 3 is 2.00 bits per heavy atom. The SMILES string of the molecule is Cc1cc(COC(=O)C(C)C)cc(C)c1OC(C)C(C)C. The van der Waals surface area contributed by atoms with Crippen LogP contribution in [0.3, 0.4) is 0 Å². The van der Waals surface area contributed by atoms with E-state index in [1.54, 1.807) is 0 Å². The van der Waals surface area contributed by atoms with Crippen LogP contribution >= 0.6 is 0 Å². The Balaban J connectivity index is 2.82. The third-order valence-corrected chi connectivity index (χ3v) is 3.62. The molecule has 0 fully saturated rings. The van der Waals surface area contributed by atoms with Crippen molar-refractivity contribution in [2.24, 2.45) is 11.8 Å². The summed E-state index contributed by atoms with van der Waals surface area (Å²) in [4.78, 5) is 11.5. The van der Waals surface area contributed by atoms with Gasteiger partial charge in [0.1, 0.15) is 12.4 Å². The predicted octanol–water partition coefficient (Wildman–Crippen LogP) is 4.43. The summed E-state index contributed by atoms with van der Waals surface area (Å²) in [6.45, 7) is 14.4. The van der Waals surface area contributed by atoms with E-state index < -0.39 is 0 Å². The van der Waals surface area contributed by atoms with Crippen LogP contribution in [0.25, 0.3) is 0 Å².